The molecule has 0 spiro atoms. The summed E-state index contributed by atoms with van der Waals surface area (Å²) < 4.78 is 14.8. The van der Waals surface area contributed by atoms with Gasteiger partial charge in [0.15, 0.2) is 0 Å². The van der Waals surface area contributed by atoms with Crippen molar-refractivity contribution >= 4 is 0 Å². The number of hydrogen-bond acceptors (Lipinski definition) is 2. The van der Waals surface area contributed by atoms with Gasteiger partial charge >= 0.3 is 0 Å². The Morgan fingerprint density at radius 1 is 1.38 bits per heavy atom. The molecule has 0 radical (unpaired) electrons. The van der Waals surface area contributed by atoms with Gasteiger partial charge in [0.1, 0.15) is 5.82 Å². The first-order valence-corrected chi connectivity index (χ1v) is 5.18. The monoisotopic (exact) mass is 219 g/mol. The Labute approximate surface area is 93.7 Å². The van der Waals surface area contributed by atoms with Gasteiger partial charge in [-0.05, 0) is 24.6 Å². The van der Waals surface area contributed by atoms with Crippen LogP contribution in [0.15, 0.2) is 36.8 Å². The van der Waals surface area contributed by atoms with E-state index in [1.165, 1.54) is 12.1 Å². The van der Waals surface area contributed by atoms with Crippen LogP contribution in [0.1, 0.15) is 24.2 Å². The SMILES string of the molecule is CC(c1ccc(F)cc1)n1cncc1CN. The molecular formula is C12H14FN3. The number of nitrogens with zero attached hydrogens (tertiary/aromatic N) is 2. The molecule has 1 heterocycles. The summed E-state index contributed by atoms with van der Waals surface area (Å²) in [4.78, 5) is 4.07. The van der Waals surface area contributed by atoms with Crippen LogP contribution < -0.4 is 5.73 Å². The van der Waals surface area contributed by atoms with E-state index in [0.717, 1.165) is 11.3 Å². The molecule has 3 nitrogen and oxygen atoms in total. The summed E-state index contributed by atoms with van der Waals surface area (Å²) in [5.41, 5.74) is 7.62. The highest BCUT2D eigenvalue weighted by atomic mass is 19.1. The molecule has 84 valence electrons. The molecule has 2 N–H and O–H groups in total. The number of rotatable bonds is 3. The molecule has 1 unspecified atom stereocenters. The summed E-state index contributed by atoms with van der Waals surface area (Å²) in [6.45, 7) is 2.49. The van der Waals surface area contributed by atoms with Crippen molar-refractivity contribution in [3.05, 3.63) is 53.9 Å². The maximum atomic E-state index is 12.8. The lowest BCUT2D eigenvalue weighted by atomic mass is 10.1. The fourth-order valence-corrected chi connectivity index (χ4v) is 1.74. The second kappa shape index (κ2) is 4.45. The summed E-state index contributed by atoms with van der Waals surface area (Å²) in [5, 5.41) is 0. The van der Waals surface area contributed by atoms with Gasteiger partial charge in [0, 0.05) is 12.7 Å². The maximum absolute atomic E-state index is 12.8. The summed E-state index contributed by atoms with van der Waals surface area (Å²) in [6, 6.07) is 6.60. The zero-order valence-corrected chi connectivity index (χ0v) is 9.10. The molecule has 0 aliphatic rings. The molecule has 1 aromatic heterocycles. The molecule has 0 aliphatic heterocycles. The van der Waals surface area contributed by atoms with Gasteiger partial charge in [-0.3, -0.25) is 0 Å². The van der Waals surface area contributed by atoms with E-state index >= 15 is 0 Å². The molecule has 0 fully saturated rings. The quantitative estimate of drug-likeness (QED) is 0.859. The van der Waals surface area contributed by atoms with Gasteiger partial charge in [-0.2, -0.15) is 0 Å². The Balaban J connectivity index is 2.31. The van der Waals surface area contributed by atoms with Gasteiger partial charge in [-0.15, -0.1) is 0 Å². The zero-order chi connectivity index (χ0) is 11.5. The smallest absolute Gasteiger partial charge is 0.123 e. The fraction of sp³-hybridized carbons (Fsp3) is 0.250. The highest BCUT2D eigenvalue weighted by molar-refractivity contribution is 5.21. The summed E-state index contributed by atoms with van der Waals surface area (Å²) >= 11 is 0. The lowest BCUT2D eigenvalue weighted by Crippen LogP contribution is -2.11. The first kappa shape index (κ1) is 10.8. The van der Waals surface area contributed by atoms with Gasteiger partial charge in [0.2, 0.25) is 0 Å². The summed E-state index contributed by atoms with van der Waals surface area (Å²) in [7, 11) is 0. The van der Waals surface area contributed by atoms with Crippen molar-refractivity contribution in [1.82, 2.24) is 9.55 Å². The molecule has 2 rings (SSSR count). The Morgan fingerprint density at radius 2 is 2.06 bits per heavy atom. The van der Waals surface area contributed by atoms with Crippen LogP contribution in [0.25, 0.3) is 0 Å². The minimum atomic E-state index is -0.222. The van der Waals surface area contributed by atoms with E-state index in [2.05, 4.69) is 4.98 Å². The summed E-state index contributed by atoms with van der Waals surface area (Å²) in [5.74, 6) is -0.222. The van der Waals surface area contributed by atoms with E-state index < -0.39 is 0 Å². The minimum absolute atomic E-state index is 0.113. The third-order valence-electron chi connectivity index (χ3n) is 2.73. The number of hydrogen-bond donors (Lipinski definition) is 1. The van der Waals surface area contributed by atoms with Crippen molar-refractivity contribution in [3.8, 4) is 0 Å². The normalized spacial score (nSPS) is 12.7. The van der Waals surface area contributed by atoms with Gasteiger partial charge in [-0.25, -0.2) is 9.37 Å². The van der Waals surface area contributed by atoms with E-state index in [-0.39, 0.29) is 11.9 Å². The third-order valence-corrected chi connectivity index (χ3v) is 2.73. The second-order valence-corrected chi connectivity index (χ2v) is 3.72. The highest BCUT2D eigenvalue weighted by Crippen LogP contribution is 2.19. The van der Waals surface area contributed by atoms with Crippen molar-refractivity contribution in [1.29, 1.82) is 0 Å². The molecule has 16 heavy (non-hydrogen) atoms. The van der Waals surface area contributed by atoms with E-state index in [9.17, 15) is 4.39 Å². The number of halogens is 1. The van der Waals surface area contributed by atoms with Crippen molar-refractivity contribution in [2.24, 2.45) is 5.73 Å². The maximum Gasteiger partial charge on any atom is 0.123 e. The average Bonchev–Trinajstić information content (AvgIpc) is 2.77. The zero-order valence-electron chi connectivity index (χ0n) is 9.10. The molecular weight excluding hydrogens is 205 g/mol. The van der Waals surface area contributed by atoms with E-state index in [0.29, 0.717) is 6.54 Å². The van der Waals surface area contributed by atoms with Crippen molar-refractivity contribution in [3.63, 3.8) is 0 Å². The molecule has 0 saturated carbocycles. The molecule has 1 atom stereocenters. The van der Waals surface area contributed by atoms with Crippen LogP contribution in [0.5, 0.6) is 0 Å². The Morgan fingerprint density at radius 3 is 2.69 bits per heavy atom. The largest absolute Gasteiger partial charge is 0.326 e. The fourth-order valence-electron chi connectivity index (χ4n) is 1.74. The van der Waals surface area contributed by atoms with Crippen LogP contribution in [-0.2, 0) is 6.54 Å². The van der Waals surface area contributed by atoms with Crippen LogP contribution >= 0.6 is 0 Å². The lowest BCUT2D eigenvalue weighted by Gasteiger charge is -2.16. The molecule has 1 aromatic carbocycles. The molecule has 2 aromatic rings. The standard InChI is InChI=1S/C12H14FN3/c1-9(10-2-4-11(13)5-3-10)16-8-15-7-12(16)6-14/h2-5,7-9H,6,14H2,1H3. The van der Waals surface area contributed by atoms with Gasteiger partial charge in [0.05, 0.1) is 18.1 Å². The number of benzene rings is 1. The van der Waals surface area contributed by atoms with E-state index in [1.54, 1.807) is 24.7 Å². The molecule has 0 aliphatic carbocycles. The highest BCUT2D eigenvalue weighted by Gasteiger charge is 2.10. The molecule has 0 bridgehead atoms. The predicted molar refractivity (Wildman–Crippen MR) is 60.3 cm³/mol. The lowest BCUT2D eigenvalue weighted by molar-refractivity contribution is 0.600. The third kappa shape index (κ3) is 1.97. The second-order valence-electron chi connectivity index (χ2n) is 3.72. The Bertz CT molecular complexity index is 461. The van der Waals surface area contributed by atoms with Crippen LogP contribution in [0.3, 0.4) is 0 Å². The number of nitrogens with two attached hydrogens (primary N) is 1. The van der Waals surface area contributed by atoms with Crippen LogP contribution in [0.4, 0.5) is 4.39 Å². The minimum Gasteiger partial charge on any atom is -0.326 e. The molecule has 0 amide bonds. The first-order valence-electron chi connectivity index (χ1n) is 5.18. The molecule has 0 saturated heterocycles. The van der Waals surface area contributed by atoms with Crippen LogP contribution in [0, 0.1) is 5.82 Å². The topological polar surface area (TPSA) is 43.8 Å². The van der Waals surface area contributed by atoms with E-state index in [1.807, 2.05) is 11.5 Å². The van der Waals surface area contributed by atoms with Crippen LogP contribution in [0.2, 0.25) is 0 Å². The number of imidazole rings is 1. The van der Waals surface area contributed by atoms with Crippen molar-refractivity contribution < 1.29 is 4.39 Å². The number of aromatic nitrogens is 2. The van der Waals surface area contributed by atoms with Gasteiger partial charge in [0.25, 0.3) is 0 Å². The Kier molecular flexibility index (Phi) is 3.01. The molecule has 4 heteroatoms. The van der Waals surface area contributed by atoms with Gasteiger partial charge in [-0.1, -0.05) is 12.1 Å². The Hall–Kier alpha value is -1.68. The van der Waals surface area contributed by atoms with Crippen LogP contribution in [-0.4, -0.2) is 9.55 Å². The van der Waals surface area contributed by atoms with Crippen molar-refractivity contribution in [2.45, 2.75) is 19.5 Å². The van der Waals surface area contributed by atoms with E-state index in [4.69, 9.17) is 5.73 Å². The summed E-state index contributed by atoms with van der Waals surface area (Å²) in [6.07, 6.45) is 3.50. The predicted octanol–water partition coefficient (Wildman–Crippen LogP) is 2.09. The van der Waals surface area contributed by atoms with Crippen molar-refractivity contribution in [2.75, 3.05) is 0 Å². The van der Waals surface area contributed by atoms with Gasteiger partial charge < -0.3 is 10.3 Å². The first-order chi connectivity index (χ1) is 7.72. The average molecular weight is 219 g/mol.